The zero-order valence-electron chi connectivity index (χ0n) is 20.2. The van der Waals surface area contributed by atoms with E-state index in [4.69, 9.17) is 5.10 Å². The monoisotopic (exact) mass is 474 g/mol. The molecule has 35 heavy (non-hydrogen) atoms. The van der Waals surface area contributed by atoms with E-state index in [0.717, 1.165) is 11.3 Å². The molecule has 5 rings (SSSR count). The molecule has 8 nitrogen and oxygen atoms in total. The summed E-state index contributed by atoms with van der Waals surface area (Å²) < 4.78 is 17.2. The maximum Gasteiger partial charge on any atom is 0.223 e. The number of hydrogen-bond donors (Lipinski definition) is 0. The fourth-order valence-electron chi connectivity index (χ4n) is 4.35. The number of benzene rings is 1. The van der Waals surface area contributed by atoms with Gasteiger partial charge in [0.1, 0.15) is 17.2 Å². The number of rotatable bonds is 5. The van der Waals surface area contributed by atoms with Crippen LogP contribution in [0.4, 0.5) is 4.39 Å². The third-order valence-electron chi connectivity index (χ3n) is 6.17. The van der Waals surface area contributed by atoms with Crippen LogP contribution in [0, 0.1) is 11.2 Å². The number of aromatic nitrogens is 5. The summed E-state index contributed by atoms with van der Waals surface area (Å²) in [5.74, 6) is -0.328. The molecular formula is C26H27FN6O2. The molecule has 1 fully saturated rings. The number of carbonyl (C=O) groups excluding carboxylic acids is 2. The SMILES string of the molecule is CC(=O)c1cnc2ccc(-c3c(-c4ccc(F)cc4)ncn3C3CN(C(=O)CC(C)(C)C)C3)nn12. The number of carbonyl (C=O) groups is 2. The molecule has 4 aromatic rings. The highest BCUT2D eigenvalue weighted by molar-refractivity contribution is 5.93. The largest absolute Gasteiger partial charge is 0.338 e. The van der Waals surface area contributed by atoms with Gasteiger partial charge in [0.25, 0.3) is 0 Å². The zero-order valence-corrected chi connectivity index (χ0v) is 20.2. The highest BCUT2D eigenvalue weighted by atomic mass is 19.1. The third kappa shape index (κ3) is 4.34. The molecule has 9 heteroatoms. The van der Waals surface area contributed by atoms with Crippen LogP contribution in [0.2, 0.25) is 0 Å². The van der Waals surface area contributed by atoms with Gasteiger partial charge in [0.2, 0.25) is 5.91 Å². The lowest BCUT2D eigenvalue weighted by molar-refractivity contribution is -0.138. The second-order valence-corrected chi connectivity index (χ2v) is 10.2. The molecule has 3 aromatic heterocycles. The van der Waals surface area contributed by atoms with Crippen LogP contribution in [-0.2, 0) is 4.79 Å². The number of amides is 1. The van der Waals surface area contributed by atoms with Crippen molar-refractivity contribution < 1.29 is 14.0 Å². The van der Waals surface area contributed by atoms with E-state index in [1.165, 1.54) is 29.8 Å². The van der Waals surface area contributed by atoms with Crippen molar-refractivity contribution in [2.24, 2.45) is 5.41 Å². The van der Waals surface area contributed by atoms with E-state index in [-0.39, 0.29) is 29.0 Å². The number of ketones is 1. The molecule has 4 heterocycles. The molecule has 0 unspecified atom stereocenters. The van der Waals surface area contributed by atoms with Gasteiger partial charge in [-0.3, -0.25) is 9.59 Å². The predicted molar refractivity (Wildman–Crippen MR) is 129 cm³/mol. The van der Waals surface area contributed by atoms with Crippen molar-refractivity contribution in [3.8, 4) is 22.6 Å². The van der Waals surface area contributed by atoms with Crippen LogP contribution < -0.4 is 0 Å². The molecule has 0 atom stereocenters. The number of hydrogen-bond acceptors (Lipinski definition) is 5. The Labute approximate surface area is 202 Å². The third-order valence-corrected chi connectivity index (χ3v) is 6.17. The quantitative estimate of drug-likeness (QED) is 0.400. The van der Waals surface area contributed by atoms with Gasteiger partial charge in [0, 0.05) is 32.0 Å². The summed E-state index contributed by atoms with van der Waals surface area (Å²) in [6, 6.07) is 9.84. The molecule has 0 N–H and O–H groups in total. The maximum atomic E-state index is 13.6. The number of fused-ring (bicyclic) bond motifs is 1. The second-order valence-electron chi connectivity index (χ2n) is 10.2. The maximum absolute atomic E-state index is 13.6. The Morgan fingerprint density at radius 2 is 1.77 bits per heavy atom. The standard InChI is InChI=1S/C26H27FN6O2/c1-16(34)21-12-28-22-10-9-20(30-33(21)22)25-24(17-5-7-18(27)8-6-17)29-15-32(25)19-13-31(14-19)23(35)11-26(2,3)4/h5-10,12,15,19H,11,13-14H2,1-4H3. The molecule has 1 aliphatic rings. The highest BCUT2D eigenvalue weighted by Crippen LogP contribution is 2.36. The molecule has 1 saturated heterocycles. The summed E-state index contributed by atoms with van der Waals surface area (Å²) in [7, 11) is 0. The minimum atomic E-state index is -0.328. The minimum absolute atomic E-state index is 0.0307. The first kappa shape index (κ1) is 22.9. The minimum Gasteiger partial charge on any atom is -0.338 e. The van der Waals surface area contributed by atoms with Crippen molar-refractivity contribution in [3.05, 3.63) is 60.4 Å². The van der Waals surface area contributed by atoms with Crippen LogP contribution in [0.5, 0.6) is 0 Å². The molecule has 0 radical (unpaired) electrons. The van der Waals surface area contributed by atoms with Gasteiger partial charge in [-0.05, 0) is 41.8 Å². The van der Waals surface area contributed by atoms with Crippen molar-refractivity contribution in [2.45, 2.75) is 40.2 Å². The van der Waals surface area contributed by atoms with Crippen molar-refractivity contribution >= 4 is 17.3 Å². The Morgan fingerprint density at radius 1 is 1.06 bits per heavy atom. The van der Waals surface area contributed by atoms with E-state index in [1.807, 2.05) is 15.5 Å². The van der Waals surface area contributed by atoms with E-state index in [2.05, 4.69) is 30.7 Å². The molecule has 0 bridgehead atoms. The van der Waals surface area contributed by atoms with Gasteiger partial charge < -0.3 is 9.47 Å². The van der Waals surface area contributed by atoms with Gasteiger partial charge in [0.15, 0.2) is 11.4 Å². The van der Waals surface area contributed by atoms with E-state index in [9.17, 15) is 14.0 Å². The number of imidazole rings is 2. The summed E-state index contributed by atoms with van der Waals surface area (Å²) in [5, 5.41) is 4.72. The highest BCUT2D eigenvalue weighted by Gasteiger charge is 2.35. The van der Waals surface area contributed by atoms with Crippen LogP contribution in [0.3, 0.4) is 0 Å². The Balaban J connectivity index is 1.55. The summed E-state index contributed by atoms with van der Waals surface area (Å²) in [4.78, 5) is 35.5. The first-order valence-corrected chi connectivity index (χ1v) is 11.6. The Hall–Kier alpha value is -3.88. The average Bonchev–Trinajstić information content (AvgIpc) is 3.36. The van der Waals surface area contributed by atoms with E-state index < -0.39 is 0 Å². The van der Waals surface area contributed by atoms with Gasteiger partial charge in [-0.15, -0.1) is 0 Å². The Kier molecular flexibility index (Phi) is 5.50. The lowest BCUT2D eigenvalue weighted by Gasteiger charge is -2.41. The van der Waals surface area contributed by atoms with Gasteiger partial charge in [0.05, 0.1) is 30.0 Å². The summed E-state index contributed by atoms with van der Waals surface area (Å²) >= 11 is 0. The molecule has 1 amide bonds. The molecule has 1 aliphatic heterocycles. The fourth-order valence-corrected chi connectivity index (χ4v) is 4.35. The first-order chi connectivity index (χ1) is 16.6. The van der Waals surface area contributed by atoms with Gasteiger partial charge in [-0.25, -0.2) is 18.9 Å². The summed E-state index contributed by atoms with van der Waals surface area (Å²) in [6.45, 7) is 8.79. The van der Waals surface area contributed by atoms with E-state index in [0.29, 0.717) is 42.2 Å². The molecule has 0 saturated carbocycles. The Bertz CT molecular complexity index is 1420. The first-order valence-electron chi connectivity index (χ1n) is 11.6. The lowest BCUT2D eigenvalue weighted by atomic mass is 9.90. The van der Waals surface area contributed by atoms with Gasteiger partial charge >= 0.3 is 0 Å². The normalized spacial score (nSPS) is 14.4. The van der Waals surface area contributed by atoms with Crippen molar-refractivity contribution in [1.29, 1.82) is 0 Å². The van der Waals surface area contributed by atoms with Crippen LogP contribution >= 0.6 is 0 Å². The fraction of sp³-hybridized carbons (Fsp3) is 0.346. The molecule has 0 spiro atoms. The summed E-state index contributed by atoms with van der Waals surface area (Å²) in [5.41, 5.74) is 3.63. The number of likely N-dealkylation sites (tertiary alicyclic amines) is 1. The van der Waals surface area contributed by atoms with Crippen LogP contribution in [-0.4, -0.2) is 53.8 Å². The second kappa shape index (κ2) is 8.41. The topological polar surface area (TPSA) is 85.4 Å². The predicted octanol–water partition coefficient (Wildman–Crippen LogP) is 4.42. The van der Waals surface area contributed by atoms with Crippen molar-refractivity contribution in [3.63, 3.8) is 0 Å². The van der Waals surface area contributed by atoms with Crippen LogP contribution in [0.15, 0.2) is 48.9 Å². The van der Waals surface area contributed by atoms with E-state index in [1.54, 1.807) is 24.5 Å². The Morgan fingerprint density at radius 3 is 2.43 bits per heavy atom. The zero-order chi connectivity index (χ0) is 24.9. The van der Waals surface area contributed by atoms with E-state index >= 15 is 0 Å². The molecular weight excluding hydrogens is 447 g/mol. The molecule has 0 aliphatic carbocycles. The van der Waals surface area contributed by atoms with Gasteiger partial charge in [-0.2, -0.15) is 5.10 Å². The smallest absolute Gasteiger partial charge is 0.223 e. The molecule has 180 valence electrons. The average molecular weight is 475 g/mol. The van der Waals surface area contributed by atoms with Crippen LogP contribution in [0.1, 0.15) is 50.6 Å². The lowest BCUT2D eigenvalue weighted by Crippen LogP contribution is -2.51. The van der Waals surface area contributed by atoms with Gasteiger partial charge in [-0.1, -0.05) is 20.8 Å². The van der Waals surface area contributed by atoms with Crippen LogP contribution in [0.25, 0.3) is 28.3 Å². The molecule has 1 aromatic carbocycles. The van der Waals surface area contributed by atoms with Crippen molar-refractivity contribution in [2.75, 3.05) is 13.1 Å². The van der Waals surface area contributed by atoms with Crippen molar-refractivity contribution in [1.82, 2.24) is 29.0 Å². The number of halogens is 1. The summed E-state index contributed by atoms with van der Waals surface area (Å²) in [6.07, 6.45) is 3.75. The number of nitrogens with zero attached hydrogens (tertiary/aromatic N) is 6. The number of Topliss-reactive ketones (excluding diaryl/α,β-unsaturated/α-hetero) is 1.